The predicted molar refractivity (Wildman–Crippen MR) is 40.0 cm³/mol. The summed E-state index contributed by atoms with van der Waals surface area (Å²) in [5.74, 6) is 2.61. The van der Waals surface area contributed by atoms with Crippen molar-refractivity contribution in [2.45, 2.75) is 0 Å². The van der Waals surface area contributed by atoms with Crippen molar-refractivity contribution >= 4 is 17.6 Å². The molecule has 0 bridgehead atoms. The average molecular weight is 125 g/mol. The third-order valence-electron chi connectivity index (χ3n) is 0.383. The van der Waals surface area contributed by atoms with Gasteiger partial charge in [-0.05, 0) is 11.3 Å². The van der Waals surface area contributed by atoms with Gasteiger partial charge in [-0.1, -0.05) is 24.9 Å². The van der Waals surface area contributed by atoms with Crippen molar-refractivity contribution in [1.82, 2.24) is 0 Å². The van der Waals surface area contributed by atoms with Crippen molar-refractivity contribution in [2.75, 3.05) is 0 Å². The van der Waals surface area contributed by atoms with Crippen LogP contribution in [0.4, 0.5) is 0 Å². The molecule has 0 amide bonds. The van der Waals surface area contributed by atoms with E-state index < -0.39 is 0 Å². The van der Waals surface area contributed by atoms with Crippen molar-refractivity contribution in [2.24, 2.45) is 4.99 Å². The molecule has 0 saturated carbocycles. The molecule has 0 saturated heterocycles. The predicted octanol–water partition coefficient (Wildman–Crippen LogP) is 2.19. The Morgan fingerprint density at radius 3 is 2.75 bits per heavy atom. The van der Waals surface area contributed by atoms with Crippen LogP contribution in [0.2, 0.25) is 0 Å². The quantitative estimate of drug-likeness (QED) is 0.527. The van der Waals surface area contributed by atoms with Crippen molar-refractivity contribution in [1.29, 1.82) is 0 Å². The third kappa shape index (κ3) is 5.28. The fourth-order valence-electron chi connectivity index (χ4n) is 0.162. The normalized spacial score (nSPS) is 6.50. The first-order valence-corrected chi connectivity index (χ1v) is 3.00. The molecule has 0 aliphatic heterocycles. The van der Waals surface area contributed by atoms with Crippen LogP contribution in [0, 0.1) is 0 Å². The monoisotopic (exact) mass is 125 g/mol. The van der Waals surface area contributed by atoms with Crippen molar-refractivity contribution in [3.05, 3.63) is 30.2 Å². The van der Waals surface area contributed by atoms with Crippen LogP contribution >= 0.6 is 11.8 Å². The first-order chi connectivity index (χ1) is 3.91. The minimum Gasteiger partial charge on any atom is -0.214 e. The Morgan fingerprint density at radius 1 is 1.50 bits per heavy atom. The second-order valence-electron chi connectivity index (χ2n) is 0.861. The molecule has 0 aliphatic rings. The van der Waals surface area contributed by atoms with Gasteiger partial charge in [0.15, 0.2) is 0 Å². The molecule has 0 radical (unpaired) electrons. The van der Waals surface area contributed by atoms with Gasteiger partial charge in [0.25, 0.3) is 0 Å². The fourth-order valence-corrected chi connectivity index (χ4v) is 0.380. The van der Waals surface area contributed by atoms with Crippen molar-refractivity contribution < 1.29 is 0 Å². The van der Waals surface area contributed by atoms with E-state index in [-0.39, 0.29) is 0 Å². The fraction of sp³-hybridized carbons (Fsp3) is 0. The summed E-state index contributed by atoms with van der Waals surface area (Å²) >= 11 is 1.43. The Balaban J connectivity index is 3.46. The molecule has 0 unspecified atom stereocenters. The molecule has 0 aliphatic carbocycles. The van der Waals surface area contributed by atoms with Gasteiger partial charge in [0.1, 0.15) is 0 Å². The van der Waals surface area contributed by atoms with Gasteiger partial charge in [0, 0.05) is 11.6 Å². The lowest BCUT2D eigenvalue weighted by Crippen LogP contribution is -1.45. The topological polar surface area (TPSA) is 12.4 Å². The summed E-state index contributed by atoms with van der Waals surface area (Å²) in [7, 11) is 0. The Morgan fingerprint density at radius 2 is 2.25 bits per heavy atom. The SMILES string of the molecule is C=CN=C=CSC=C. The molecule has 42 valence electrons. The van der Waals surface area contributed by atoms with Gasteiger partial charge in [-0.25, -0.2) is 4.99 Å². The van der Waals surface area contributed by atoms with Gasteiger partial charge in [-0.15, -0.1) is 0 Å². The van der Waals surface area contributed by atoms with E-state index in [1.807, 2.05) is 0 Å². The summed E-state index contributed by atoms with van der Waals surface area (Å²) in [6, 6.07) is 0. The third-order valence-corrected chi connectivity index (χ3v) is 0.817. The number of aliphatic imine (C=N–C) groups is 1. The molecule has 0 rings (SSSR count). The molecular weight excluding hydrogens is 118 g/mol. The second kappa shape index (κ2) is 6.28. The zero-order valence-corrected chi connectivity index (χ0v) is 5.32. The molecule has 0 heterocycles. The highest BCUT2D eigenvalue weighted by Gasteiger charge is 1.59. The lowest BCUT2D eigenvalue weighted by molar-refractivity contribution is 1.64. The summed E-state index contributed by atoms with van der Waals surface area (Å²) in [5.41, 5.74) is 0. The molecule has 0 spiro atoms. The number of hydrogen-bond donors (Lipinski definition) is 0. The Bertz CT molecular complexity index is 131. The highest BCUT2D eigenvalue weighted by atomic mass is 32.2. The van der Waals surface area contributed by atoms with Gasteiger partial charge >= 0.3 is 0 Å². The molecule has 0 fully saturated rings. The lowest BCUT2D eigenvalue weighted by Gasteiger charge is -1.67. The summed E-state index contributed by atoms with van der Waals surface area (Å²) in [5, 5.41) is 3.40. The van der Waals surface area contributed by atoms with E-state index in [2.05, 4.69) is 24.0 Å². The van der Waals surface area contributed by atoms with Crippen molar-refractivity contribution in [3.63, 3.8) is 0 Å². The molecular formula is C6H7NS. The van der Waals surface area contributed by atoms with Gasteiger partial charge in [-0.2, -0.15) is 0 Å². The van der Waals surface area contributed by atoms with Crippen LogP contribution in [0.1, 0.15) is 0 Å². The maximum absolute atomic E-state index is 3.60. The number of rotatable bonds is 3. The van der Waals surface area contributed by atoms with E-state index in [1.165, 1.54) is 18.0 Å². The molecule has 2 heteroatoms. The smallest absolute Gasteiger partial charge is 0.0368 e. The average Bonchev–Trinajstić information content (AvgIpc) is 1.81. The van der Waals surface area contributed by atoms with Crippen LogP contribution in [0.3, 0.4) is 0 Å². The van der Waals surface area contributed by atoms with Crippen LogP contribution in [0.25, 0.3) is 0 Å². The highest BCUT2D eigenvalue weighted by molar-refractivity contribution is 8.05. The van der Waals surface area contributed by atoms with Gasteiger partial charge in [0.2, 0.25) is 0 Å². The van der Waals surface area contributed by atoms with Crippen LogP contribution in [-0.2, 0) is 0 Å². The molecule has 0 aromatic carbocycles. The van der Waals surface area contributed by atoms with E-state index in [4.69, 9.17) is 0 Å². The van der Waals surface area contributed by atoms with E-state index in [9.17, 15) is 0 Å². The Labute approximate surface area is 53.5 Å². The Kier molecular flexibility index (Phi) is 5.71. The number of thioether (sulfide) groups is 1. The minimum atomic E-state index is 1.43. The van der Waals surface area contributed by atoms with Crippen LogP contribution in [0.15, 0.2) is 35.2 Å². The van der Waals surface area contributed by atoms with Gasteiger partial charge < -0.3 is 0 Å². The maximum atomic E-state index is 3.60. The first kappa shape index (κ1) is 7.28. The zero-order chi connectivity index (χ0) is 6.24. The van der Waals surface area contributed by atoms with Crippen molar-refractivity contribution in [3.8, 4) is 0 Å². The van der Waals surface area contributed by atoms with Crippen LogP contribution in [0.5, 0.6) is 0 Å². The maximum Gasteiger partial charge on any atom is 0.0368 e. The van der Waals surface area contributed by atoms with Crippen LogP contribution in [-0.4, -0.2) is 5.87 Å². The number of hydrogen-bond acceptors (Lipinski definition) is 2. The van der Waals surface area contributed by atoms with E-state index in [0.29, 0.717) is 0 Å². The molecule has 0 atom stereocenters. The minimum absolute atomic E-state index is 1.43. The van der Waals surface area contributed by atoms with Gasteiger partial charge in [0.05, 0.1) is 0 Å². The van der Waals surface area contributed by atoms with Crippen LogP contribution < -0.4 is 0 Å². The second-order valence-corrected chi connectivity index (χ2v) is 1.70. The summed E-state index contributed by atoms with van der Waals surface area (Å²) in [6.07, 6.45) is 1.43. The largest absolute Gasteiger partial charge is 0.214 e. The summed E-state index contributed by atoms with van der Waals surface area (Å²) in [6.45, 7) is 6.86. The molecule has 1 nitrogen and oxygen atoms in total. The van der Waals surface area contributed by atoms with Gasteiger partial charge in [-0.3, -0.25) is 0 Å². The number of nitrogens with zero attached hydrogens (tertiary/aromatic N) is 1. The molecule has 0 N–H and O–H groups in total. The molecule has 0 aromatic rings. The first-order valence-electron chi connectivity index (χ1n) is 2.06. The highest BCUT2D eigenvalue weighted by Crippen LogP contribution is 1.96. The lowest BCUT2D eigenvalue weighted by atomic mass is 11.0. The molecule has 8 heavy (non-hydrogen) atoms. The van der Waals surface area contributed by atoms with E-state index in [0.717, 1.165) is 0 Å². The molecule has 0 aromatic heterocycles. The van der Waals surface area contributed by atoms with E-state index in [1.54, 1.807) is 10.8 Å². The van der Waals surface area contributed by atoms with E-state index >= 15 is 0 Å². The summed E-state index contributed by atoms with van der Waals surface area (Å²) < 4.78 is 0. The standard InChI is InChI=1S/C6H7NS/c1-3-7-5-6-8-4-2/h3-4,6H,1-2H2. The zero-order valence-electron chi connectivity index (χ0n) is 4.50. The summed E-state index contributed by atoms with van der Waals surface area (Å²) in [4.78, 5) is 3.60. The Hall–Kier alpha value is -0.720.